The molecule has 20 heavy (non-hydrogen) atoms. The van der Waals surface area contributed by atoms with Crippen LogP contribution in [0.15, 0.2) is 5.38 Å². The lowest BCUT2D eigenvalue weighted by Gasteiger charge is -2.59. The summed E-state index contributed by atoms with van der Waals surface area (Å²) >= 11 is 1.79. The maximum absolute atomic E-state index is 4.59. The maximum Gasteiger partial charge on any atom is 0.107 e. The Kier molecular flexibility index (Phi) is 3.19. The van der Waals surface area contributed by atoms with Gasteiger partial charge in [-0.3, -0.25) is 0 Å². The third-order valence-corrected chi connectivity index (χ3v) is 7.20. The normalized spacial score (nSPS) is 40.2. The molecule has 1 N–H and O–H groups in total. The van der Waals surface area contributed by atoms with Crippen LogP contribution in [-0.4, -0.2) is 11.0 Å². The highest BCUT2D eigenvalue weighted by molar-refractivity contribution is 7.09. The van der Waals surface area contributed by atoms with Crippen molar-refractivity contribution in [2.45, 2.75) is 65.0 Å². The Balaban J connectivity index is 1.44. The molecule has 1 atom stereocenters. The molecule has 0 spiro atoms. The molecular formula is C17H26N2S. The van der Waals surface area contributed by atoms with Crippen LogP contribution in [0.1, 0.15) is 56.2 Å². The van der Waals surface area contributed by atoms with Crippen LogP contribution in [0.3, 0.4) is 0 Å². The van der Waals surface area contributed by atoms with Crippen molar-refractivity contribution in [3.8, 4) is 0 Å². The Hall–Kier alpha value is -0.410. The van der Waals surface area contributed by atoms with E-state index in [0.29, 0.717) is 11.5 Å². The molecule has 110 valence electrons. The summed E-state index contributed by atoms with van der Waals surface area (Å²) in [6.07, 6.45) is 9.09. The molecule has 0 aliphatic heterocycles. The van der Waals surface area contributed by atoms with Crippen LogP contribution < -0.4 is 5.32 Å². The largest absolute Gasteiger partial charge is 0.307 e. The van der Waals surface area contributed by atoms with E-state index in [0.717, 1.165) is 30.0 Å². The van der Waals surface area contributed by atoms with Crippen LogP contribution in [-0.2, 0) is 6.54 Å². The summed E-state index contributed by atoms with van der Waals surface area (Å²) in [4.78, 5) is 4.59. The third kappa shape index (κ3) is 2.23. The molecule has 0 amide bonds. The third-order valence-electron chi connectivity index (χ3n) is 6.23. The minimum absolute atomic E-state index is 0.612. The molecule has 5 rings (SSSR count). The standard InChI is InChI=1S/C17H26N2S/c1-11-10-20-16(19-11)9-18-12(2)17-6-13-3-14(7-17)5-15(4-13)8-17/h10,12-15,18H,3-9H2,1-2H3. The van der Waals surface area contributed by atoms with E-state index in [9.17, 15) is 0 Å². The SMILES string of the molecule is Cc1csc(CNC(C)C23CC4CC(CC(C4)C2)C3)n1. The lowest BCUT2D eigenvalue weighted by molar-refractivity contribution is -0.0706. The Labute approximate surface area is 126 Å². The fourth-order valence-electron chi connectivity index (χ4n) is 5.65. The molecule has 3 heteroatoms. The van der Waals surface area contributed by atoms with E-state index in [1.54, 1.807) is 11.3 Å². The summed E-state index contributed by atoms with van der Waals surface area (Å²) in [7, 11) is 0. The predicted molar refractivity (Wildman–Crippen MR) is 83.8 cm³/mol. The van der Waals surface area contributed by atoms with Gasteiger partial charge in [-0.05, 0) is 75.5 Å². The van der Waals surface area contributed by atoms with E-state index < -0.39 is 0 Å². The zero-order chi connectivity index (χ0) is 13.7. The molecule has 0 radical (unpaired) electrons. The van der Waals surface area contributed by atoms with Crippen molar-refractivity contribution in [3.05, 3.63) is 16.1 Å². The first-order valence-corrected chi connectivity index (χ1v) is 9.15. The Morgan fingerprint density at radius 1 is 1.25 bits per heavy atom. The van der Waals surface area contributed by atoms with Crippen molar-refractivity contribution in [1.82, 2.24) is 10.3 Å². The van der Waals surface area contributed by atoms with Gasteiger partial charge >= 0.3 is 0 Å². The molecule has 4 aliphatic rings. The van der Waals surface area contributed by atoms with Crippen LogP contribution in [0.2, 0.25) is 0 Å². The van der Waals surface area contributed by atoms with Gasteiger partial charge in [0, 0.05) is 23.7 Å². The van der Waals surface area contributed by atoms with Gasteiger partial charge in [-0.25, -0.2) is 4.98 Å². The second kappa shape index (κ2) is 4.81. The smallest absolute Gasteiger partial charge is 0.107 e. The lowest BCUT2D eigenvalue weighted by atomic mass is 9.48. The molecule has 4 fully saturated rings. The highest BCUT2D eigenvalue weighted by atomic mass is 32.1. The van der Waals surface area contributed by atoms with E-state index in [1.165, 1.54) is 43.5 Å². The number of aryl methyl sites for hydroxylation is 1. The molecule has 4 bridgehead atoms. The van der Waals surface area contributed by atoms with Gasteiger partial charge in [0.05, 0.1) is 0 Å². The van der Waals surface area contributed by atoms with Crippen LogP contribution in [0.5, 0.6) is 0 Å². The first kappa shape index (κ1) is 13.3. The molecule has 1 aromatic heterocycles. The molecule has 1 heterocycles. The monoisotopic (exact) mass is 290 g/mol. The molecule has 4 saturated carbocycles. The van der Waals surface area contributed by atoms with Crippen molar-refractivity contribution in [1.29, 1.82) is 0 Å². The van der Waals surface area contributed by atoms with Crippen LogP contribution in [0.4, 0.5) is 0 Å². The van der Waals surface area contributed by atoms with Gasteiger partial charge in [-0.2, -0.15) is 0 Å². The van der Waals surface area contributed by atoms with Crippen molar-refractivity contribution >= 4 is 11.3 Å². The fourth-order valence-corrected chi connectivity index (χ4v) is 6.37. The maximum atomic E-state index is 4.59. The Morgan fingerprint density at radius 3 is 2.35 bits per heavy atom. The van der Waals surface area contributed by atoms with Gasteiger partial charge in [-0.15, -0.1) is 11.3 Å². The highest BCUT2D eigenvalue weighted by Gasteiger charge is 2.52. The molecule has 1 unspecified atom stereocenters. The summed E-state index contributed by atoms with van der Waals surface area (Å²) in [6.45, 7) is 5.48. The second-order valence-electron chi connectivity index (χ2n) is 7.77. The molecule has 4 aliphatic carbocycles. The van der Waals surface area contributed by atoms with E-state index in [2.05, 4.69) is 29.5 Å². The quantitative estimate of drug-likeness (QED) is 0.901. The van der Waals surface area contributed by atoms with Gasteiger partial charge in [0.25, 0.3) is 0 Å². The minimum atomic E-state index is 0.612. The van der Waals surface area contributed by atoms with Crippen LogP contribution in [0.25, 0.3) is 0 Å². The fraction of sp³-hybridized carbons (Fsp3) is 0.824. The Morgan fingerprint density at radius 2 is 1.85 bits per heavy atom. The summed E-state index contributed by atoms with van der Waals surface area (Å²) in [5.41, 5.74) is 1.77. The predicted octanol–water partition coefficient (Wildman–Crippen LogP) is 4.15. The first-order chi connectivity index (χ1) is 9.63. The number of aromatic nitrogens is 1. The number of nitrogens with zero attached hydrogens (tertiary/aromatic N) is 1. The zero-order valence-electron chi connectivity index (χ0n) is 12.7. The average Bonchev–Trinajstić information content (AvgIpc) is 2.80. The van der Waals surface area contributed by atoms with Crippen molar-refractivity contribution in [3.63, 3.8) is 0 Å². The van der Waals surface area contributed by atoms with Gasteiger partial charge in [0.2, 0.25) is 0 Å². The number of nitrogens with one attached hydrogen (secondary N) is 1. The van der Waals surface area contributed by atoms with E-state index in [4.69, 9.17) is 0 Å². The highest BCUT2D eigenvalue weighted by Crippen LogP contribution is 2.61. The lowest BCUT2D eigenvalue weighted by Crippen LogP contribution is -2.54. The Bertz CT molecular complexity index is 458. The molecule has 2 nitrogen and oxygen atoms in total. The van der Waals surface area contributed by atoms with Gasteiger partial charge in [0.15, 0.2) is 0 Å². The summed E-state index contributed by atoms with van der Waals surface area (Å²) in [6, 6.07) is 0.653. The van der Waals surface area contributed by atoms with Crippen molar-refractivity contribution in [2.75, 3.05) is 0 Å². The summed E-state index contributed by atoms with van der Waals surface area (Å²) in [5, 5.41) is 7.23. The number of hydrogen-bond acceptors (Lipinski definition) is 3. The van der Waals surface area contributed by atoms with Crippen LogP contribution >= 0.6 is 11.3 Å². The van der Waals surface area contributed by atoms with Crippen LogP contribution in [0, 0.1) is 30.1 Å². The van der Waals surface area contributed by atoms with E-state index in [1.807, 2.05) is 0 Å². The van der Waals surface area contributed by atoms with Gasteiger partial charge in [-0.1, -0.05) is 0 Å². The zero-order valence-corrected chi connectivity index (χ0v) is 13.5. The molecule has 0 saturated heterocycles. The molecule has 0 aromatic carbocycles. The number of rotatable bonds is 4. The van der Waals surface area contributed by atoms with Gasteiger partial charge in [0.1, 0.15) is 5.01 Å². The average molecular weight is 290 g/mol. The topological polar surface area (TPSA) is 24.9 Å². The van der Waals surface area contributed by atoms with Gasteiger partial charge < -0.3 is 5.32 Å². The number of hydrogen-bond donors (Lipinski definition) is 1. The first-order valence-electron chi connectivity index (χ1n) is 8.27. The van der Waals surface area contributed by atoms with Crippen molar-refractivity contribution in [2.24, 2.45) is 23.2 Å². The molecule has 1 aromatic rings. The minimum Gasteiger partial charge on any atom is -0.307 e. The summed E-state index contributed by atoms with van der Waals surface area (Å²) in [5.74, 6) is 3.15. The van der Waals surface area contributed by atoms with Crippen molar-refractivity contribution < 1.29 is 0 Å². The second-order valence-corrected chi connectivity index (χ2v) is 8.71. The molecular weight excluding hydrogens is 264 g/mol. The number of thiazole rings is 1. The van der Waals surface area contributed by atoms with E-state index in [-0.39, 0.29) is 0 Å². The van der Waals surface area contributed by atoms with E-state index >= 15 is 0 Å². The summed E-state index contributed by atoms with van der Waals surface area (Å²) < 4.78 is 0.